The van der Waals surface area contributed by atoms with Gasteiger partial charge in [0.15, 0.2) is 7.14 Å². The van der Waals surface area contributed by atoms with Crippen LogP contribution < -0.4 is 15.9 Å². The standard InChI is InChI=1S/C43H29N2OP/c46-47(32-16-6-2-7-17-32,33-18-8-3-9-19-33)34-26-24-31(25-27-34)45-39-23-13-11-21-36(39)42-40(45)29-28-37-41(42)35-20-10-12-22-38(35)44-43(37)30-14-4-1-5-15-30/h1-29H. The Hall–Kier alpha value is -5.76. The first-order valence-electron chi connectivity index (χ1n) is 15.8. The molecule has 0 saturated carbocycles. The molecule has 0 aliphatic carbocycles. The van der Waals surface area contributed by atoms with Crippen molar-refractivity contribution in [1.82, 2.24) is 9.55 Å². The fraction of sp³-hybridized carbons (Fsp3) is 0. The monoisotopic (exact) mass is 620 g/mol. The lowest BCUT2D eigenvalue weighted by molar-refractivity contribution is 0.592. The molecule has 0 N–H and O–H groups in total. The molecule has 0 saturated heterocycles. The first kappa shape index (κ1) is 27.5. The zero-order valence-electron chi connectivity index (χ0n) is 25.5. The van der Waals surface area contributed by atoms with Crippen LogP contribution in [0.3, 0.4) is 0 Å². The summed E-state index contributed by atoms with van der Waals surface area (Å²) in [6.07, 6.45) is 0. The van der Waals surface area contributed by atoms with Crippen molar-refractivity contribution in [2.75, 3.05) is 0 Å². The number of hydrogen-bond acceptors (Lipinski definition) is 2. The van der Waals surface area contributed by atoms with Gasteiger partial charge in [-0.2, -0.15) is 0 Å². The second-order valence-corrected chi connectivity index (χ2v) is 14.6. The number of fused-ring (bicyclic) bond motifs is 7. The van der Waals surface area contributed by atoms with E-state index in [2.05, 4.69) is 102 Å². The van der Waals surface area contributed by atoms with E-state index in [0.717, 1.165) is 60.2 Å². The molecule has 0 aliphatic rings. The molecular weight excluding hydrogens is 591 g/mol. The molecule has 9 aromatic rings. The lowest BCUT2D eigenvalue weighted by Crippen LogP contribution is -2.24. The third-order valence-corrected chi connectivity index (χ3v) is 12.3. The SMILES string of the molecule is O=P(c1ccccc1)(c1ccccc1)c1ccc(-n2c3ccccc3c3c4c(ccc32)c(-c2ccccc2)nc2ccccc24)cc1. The second-order valence-electron chi connectivity index (χ2n) is 11.9. The zero-order chi connectivity index (χ0) is 31.4. The van der Waals surface area contributed by atoms with Gasteiger partial charge in [-0.15, -0.1) is 0 Å². The highest BCUT2D eigenvalue weighted by atomic mass is 31.2. The summed E-state index contributed by atoms with van der Waals surface area (Å²) < 4.78 is 17.4. The van der Waals surface area contributed by atoms with Crippen LogP contribution in [-0.2, 0) is 4.57 Å². The van der Waals surface area contributed by atoms with Gasteiger partial charge >= 0.3 is 0 Å². The Morgan fingerprint density at radius 1 is 0.426 bits per heavy atom. The van der Waals surface area contributed by atoms with Gasteiger partial charge in [0.25, 0.3) is 0 Å². The minimum absolute atomic E-state index is 0.814. The van der Waals surface area contributed by atoms with E-state index >= 15 is 4.57 Å². The Balaban J connectivity index is 1.31. The molecule has 0 spiro atoms. The third kappa shape index (κ3) is 4.28. The maximum Gasteiger partial charge on any atom is 0.171 e. The molecule has 0 fully saturated rings. The average molecular weight is 621 g/mol. The van der Waals surface area contributed by atoms with E-state index < -0.39 is 7.14 Å². The molecule has 222 valence electrons. The van der Waals surface area contributed by atoms with Gasteiger partial charge in [0.1, 0.15) is 0 Å². The second kappa shape index (κ2) is 10.9. The lowest BCUT2D eigenvalue weighted by Gasteiger charge is -2.20. The van der Waals surface area contributed by atoms with Crippen LogP contribution in [0.1, 0.15) is 0 Å². The summed E-state index contributed by atoms with van der Waals surface area (Å²) in [4.78, 5) is 5.17. The zero-order valence-corrected chi connectivity index (χ0v) is 26.4. The Bertz CT molecular complexity index is 2590. The average Bonchev–Trinajstić information content (AvgIpc) is 3.50. The van der Waals surface area contributed by atoms with E-state index in [0.29, 0.717) is 0 Å². The van der Waals surface area contributed by atoms with Crippen LogP contribution in [0, 0.1) is 0 Å². The first-order valence-corrected chi connectivity index (χ1v) is 17.5. The van der Waals surface area contributed by atoms with Crippen LogP contribution in [0.2, 0.25) is 0 Å². The van der Waals surface area contributed by atoms with Gasteiger partial charge in [0.05, 0.1) is 22.2 Å². The van der Waals surface area contributed by atoms with Crippen LogP contribution in [0.4, 0.5) is 0 Å². The molecule has 0 aliphatic heterocycles. The van der Waals surface area contributed by atoms with Crippen molar-refractivity contribution in [1.29, 1.82) is 0 Å². The van der Waals surface area contributed by atoms with Gasteiger partial charge < -0.3 is 9.13 Å². The molecule has 2 aromatic heterocycles. The van der Waals surface area contributed by atoms with Crippen molar-refractivity contribution in [3.05, 3.63) is 176 Å². The summed E-state index contributed by atoms with van der Waals surface area (Å²) >= 11 is 0. The summed E-state index contributed by atoms with van der Waals surface area (Å²) in [6, 6.07) is 60.0. The maximum absolute atomic E-state index is 15.0. The summed E-state index contributed by atoms with van der Waals surface area (Å²) in [5, 5.41) is 8.34. The van der Waals surface area contributed by atoms with Crippen LogP contribution in [-0.4, -0.2) is 9.55 Å². The Labute approximate surface area is 272 Å². The number of nitrogens with zero attached hydrogens (tertiary/aromatic N) is 2. The predicted octanol–water partition coefficient (Wildman–Crippen LogP) is 9.79. The molecule has 2 heterocycles. The number of hydrogen-bond donors (Lipinski definition) is 0. The predicted molar refractivity (Wildman–Crippen MR) is 198 cm³/mol. The quantitative estimate of drug-likeness (QED) is 0.142. The fourth-order valence-electron chi connectivity index (χ4n) is 7.13. The Morgan fingerprint density at radius 3 is 1.66 bits per heavy atom. The van der Waals surface area contributed by atoms with Crippen molar-refractivity contribution < 1.29 is 4.57 Å². The van der Waals surface area contributed by atoms with Gasteiger partial charge in [0.2, 0.25) is 0 Å². The number of aromatic nitrogens is 2. The van der Waals surface area contributed by atoms with Gasteiger partial charge in [-0.1, -0.05) is 133 Å². The number of para-hydroxylation sites is 2. The molecule has 3 nitrogen and oxygen atoms in total. The van der Waals surface area contributed by atoms with E-state index in [4.69, 9.17) is 4.98 Å². The van der Waals surface area contributed by atoms with Gasteiger partial charge in [-0.3, -0.25) is 0 Å². The summed E-state index contributed by atoms with van der Waals surface area (Å²) in [5.41, 5.74) is 6.33. The van der Waals surface area contributed by atoms with Crippen molar-refractivity contribution in [3.8, 4) is 16.9 Å². The Kier molecular flexibility index (Phi) is 6.41. The molecule has 0 bridgehead atoms. The van der Waals surface area contributed by atoms with Crippen LogP contribution in [0.5, 0.6) is 0 Å². The van der Waals surface area contributed by atoms with E-state index in [9.17, 15) is 0 Å². The molecule has 4 heteroatoms. The van der Waals surface area contributed by atoms with Crippen LogP contribution >= 0.6 is 7.14 Å². The number of pyridine rings is 1. The largest absolute Gasteiger partial charge is 0.309 e. The van der Waals surface area contributed by atoms with Crippen molar-refractivity contribution in [2.45, 2.75) is 0 Å². The number of rotatable bonds is 5. The highest BCUT2D eigenvalue weighted by Gasteiger charge is 2.29. The van der Waals surface area contributed by atoms with Crippen molar-refractivity contribution in [2.24, 2.45) is 0 Å². The molecule has 0 amide bonds. The molecular formula is C43H29N2OP. The van der Waals surface area contributed by atoms with Crippen LogP contribution in [0.15, 0.2) is 176 Å². The molecule has 9 rings (SSSR count). The van der Waals surface area contributed by atoms with E-state index in [1.54, 1.807) is 0 Å². The van der Waals surface area contributed by atoms with E-state index in [1.807, 2.05) is 78.9 Å². The molecule has 47 heavy (non-hydrogen) atoms. The molecule has 0 unspecified atom stereocenters. The Morgan fingerprint density at radius 2 is 0.979 bits per heavy atom. The fourth-order valence-corrected chi connectivity index (χ4v) is 9.78. The normalized spacial score (nSPS) is 11.9. The third-order valence-electron chi connectivity index (χ3n) is 9.26. The van der Waals surface area contributed by atoms with E-state index in [-0.39, 0.29) is 0 Å². The van der Waals surface area contributed by atoms with Gasteiger partial charge in [-0.05, 0) is 42.5 Å². The van der Waals surface area contributed by atoms with Gasteiger partial charge in [0, 0.05) is 54.1 Å². The molecule has 0 atom stereocenters. The summed E-state index contributed by atoms with van der Waals surface area (Å²) in [7, 11) is -3.08. The minimum atomic E-state index is -3.08. The molecule has 0 radical (unpaired) electrons. The highest BCUT2D eigenvalue weighted by Crippen LogP contribution is 2.44. The summed E-state index contributed by atoms with van der Waals surface area (Å²) in [6.45, 7) is 0. The lowest BCUT2D eigenvalue weighted by atomic mass is 9.96. The minimum Gasteiger partial charge on any atom is -0.309 e. The number of benzene rings is 7. The highest BCUT2D eigenvalue weighted by molar-refractivity contribution is 7.85. The van der Waals surface area contributed by atoms with Crippen molar-refractivity contribution >= 4 is 66.5 Å². The summed E-state index contributed by atoms with van der Waals surface area (Å²) in [5.74, 6) is 0. The smallest absolute Gasteiger partial charge is 0.171 e. The van der Waals surface area contributed by atoms with E-state index in [1.165, 1.54) is 16.2 Å². The maximum atomic E-state index is 15.0. The topological polar surface area (TPSA) is 34.9 Å². The van der Waals surface area contributed by atoms with Crippen molar-refractivity contribution in [3.63, 3.8) is 0 Å². The molecule has 7 aromatic carbocycles. The first-order chi connectivity index (χ1) is 23.2. The van der Waals surface area contributed by atoms with Crippen LogP contribution in [0.25, 0.3) is 60.4 Å². The van der Waals surface area contributed by atoms with Gasteiger partial charge in [-0.25, -0.2) is 4.98 Å².